The molecule has 8 aromatic heterocycles. The Morgan fingerprint density at radius 2 is 1.02 bits per heavy atom. The van der Waals surface area contributed by atoms with Crippen molar-refractivity contribution >= 4 is 11.0 Å². The van der Waals surface area contributed by atoms with E-state index in [-0.39, 0.29) is 20.1 Å². The smallest absolute Gasteiger partial charge is 0.468 e. The molecule has 8 rings (SSSR count). The first kappa shape index (κ1) is 28.2. The average Bonchev–Trinajstić information content (AvgIpc) is 3.86. The summed E-state index contributed by atoms with van der Waals surface area (Å²) < 4.78 is 12.1. The molecular weight excluding hydrogens is 715 g/mol. The summed E-state index contributed by atoms with van der Waals surface area (Å²) in [4.78, 5) is 0. The Kier molecular flexibility index (Phi) is 8.49. The molecule has 0 N–H and O–H groups in total. The zero-order chi connectivity index (χ0) is 28.1. The normalized spacial score (nSPS) is 11.0. The SMILES string of the molecule is [Ir+3].[c-]1c(Cn2cccn2)c2ccccn2c1Cn1[c-]ccc1.[c-]1c(Cn2cccn2)c2ccccn2c1Cn1cccn1. The van der Waals surface area contributed by atoms with Crippen molar-refractivity contribution in [2.45, 2.75) is 26.2 Å². The second-order valence-electron chi connectivity index (χ2n) is 9.89. The number of nitrogens with zero attached hydrogens (tertiary/aromatic N) is 9. The zero-order valence-electron chi connectivity index (χ0n) is 23.2. The van der Waals surface area contributed by atoms with Gasteiger partial charge in [-0.15, -0.1) is 35.6 Å². The Labute approximate surface area is 262 Å². The second-order valence-corrected chi connectivity index (χ2v) is 9.89. The van der Waals surface area contributed by atoms with Crippen LogP contribution in [0.3, 0.4) is 0 Å². The van der Waals surface area contributed by atoms with Gasteiger partial charge in [-0.3, -0.25) is 14.0 Å². The fourth-order valence-electron chi connectivity index (χ4n) is 5.17. The maximum absolute atomic E-state index is 4.28. The van der Waals surface area contributed by atoms with E-state index in [0.717, 1.165) is 47.7 Å². The van der Waals surface area contributed by atoms with E-state index < -0.39 is 0 Å². The number of aromatic nitrogens is 9. The van der Waals surface area contributed by atoms with E-state index in [1.807, 2.05) is 91.9 Å². The molecule has 0 spiro atoms. The van der Waals surface area contributed by atoms with Gasteiger partial charge in [-0.1, -0.05) is 23.5 Å². The van der Waals surface area contributed by atoms with Crippen molar-refractivity contribution in [3.05, 3.63) is 163 Å². The van der Waals surface area contributed by atoms with Crippen LogP contribution in [0.2, 0.25) is 0 Å². The summed E-state index contributed by atoms with van der Waals surface area (Å²) in [6, 6.07) is 29.2. The Morgan fingerprint density at radius 3 is 1.49 bits per heavy atom. The molecule has 0 saturated carbocycles. The van der Waals surface area contributed by atoms with Crippen LogP contribution in [-0.2, 0) is 46.3 Å². The van der Waals surface area contributed by atoms with Gasteiger partial charge in [0.2, 0.25) is 0 Å². The molecule has 0 aromatic carbocycles. The third kappa shape index (κ3) is 6.30. The molecule has 0 fully saturated rings. The van der Waals surface area contributed by atoms with Crippen LogP contribution in [0.4, 0.5) is 0 Å². The van der Waals surface area contributed by atoms with Crippen molar-refractivity contribution in [1.82, 2.24) is 42.7 Å². The van der Waals surface area contributed by atoms with Gasteiger partial charge >= 0.3 is 20.1 Å². The van der Waals surface area contributed by atoms with E-state index >= 15 is 0 Å². The molecule has 0 bridgehead atoms. The number of rotatable bonds is 8. The van der Waals surface area contributed by atoms with Crippen LogP contribution in [0.15, 0.2) is 123 Å². The monoisotopic (exact) mass is 743 g/mol. The van der Waals surface area contributed by atoms with E-state index in [1.165, 1.54) is 5.52 Å². The standard InChI is InChI=1S/C17H14N4.C16H14N5.Ir/c1-2-11-21-16(14-19-8-3-4-9-19)12-15(17(21)6-1)13-20-10-5-7-18-20;1-2-10-21-15(13-20-9-4-7-18-20)11-14(16(21)5-1)12-19-8-3-6-17-19;/h1-8,10-11H,13-14H2;1-10H,12-13H2;/q-2;-1;+3. The summed E-state index contributed by atoms with van der Waals surface area (Å²) in [7, 11) is 0. The van der Waals surface area contributed by atoms with Crippen LogP contribution in [0.5, 0.6) is 0 Å². The summed E-state index contributed by atoms with van der Waals surface area (Å²) in [6.45, 7) is 2.92. The van der Waals surface area contributed by atoms with Crippen LogP contribution < -0.4 is 0 Å². The van der Waals surface area contributed by atoms with Gasteiger partial charge in [0, 0.05) is 56.8 Å². The first-order valence-electron chi connectivity index (χ1n) is 13.8. The number of hydrogen-bond acceptors (Lipinski definition) is 3. The third-order valence-electron chi connectivity index (χ3n) is 7.06. The maximum atomic E-state index is 4.28. The van der Waals surface area contributed by atoms with Gasteiger partial charge in [0.05, 0.1) is 6.54 Å². The molecule has 0 radical (unpaired) electrons. The molecule has 8 heterocycles. The Morgan fingerprint density at radius 1 is 0.512 bits per heavy atom. The molecule has 0 atom stereocenters. The Bertz CT molecular complexity index is 1690. The molecule has 0 unspecified atom stereocenters. The largest absolute Gasteiger partial charge is 3.00 e. The quantitative estimate of drug-likeness (QED) is 0.209. The minimum Gasteiger partial charge on any atom is -0.468 e. The number of pyridine rings is 2. The number of fused-ring (bicyclic) bond motifs is 2. The van der Waals surface area contributed by atoms with Gasteiger partial charge in [0.1, 0.15) is 0 Å². The van der Waals surface area contributed by atoms with Crippen molar-refractivity contribution in [2.24, 2.45) is 0 Å². The van der Waals surface area contributed by atoms with E-state index in [1.54, 1.807) is 18.6 Å². The van der Waals surface area contributed by atoms with Crippen molar-refractivity contribution in [3.8, 4) is 0 Å². The topological polar surface area (TPSA) is 67.2 Å². The summed E-state index contributed by atoms with van der Waals surface area (Å²) in [5.41, 5.74) is 6.85. The molecule has 0 aliphatic rings. The van der Waals surface area contributed by atoms with Crippen LogP contribution in [0.1, 0.15) is 22.5 Å². The third-order valence-corrected chi connectivity index (χ3v) is 7.06. The van der Waals surface area contributed by atoms with Gasteiger partial charge in [-0.2, -0.15) is 38.6 Å². The summed E-state index contributed by atoms with van der Waals surface area (Å²) in [5, 5.41) is 12.8. The van der Waals surface area contributed by atoms with E-state index in [2.05, 4.69) is 73.0 Å². The van der Waals surface area contributed by atoms with Gasteiger partial charge in [-0.05, 0) is 42.7 Å². The minimum atomic E-state index is 0. The van der Waals surface area contributed by atoms with E-state index in [0.29, 0.717) is 6.54 Å². The van der Waals surface area contributed by atoms with E-state index in [9.17, 15) is 0 Å². The number of hydrogen-bond donors (Lipinski definition) is 0. The van der Waals surface area contributed by atoms with Gasteiger partial charge < -0.3 is 13.4 Å². The van der Waals surface area contributed by atoms with Crippen molar-refractivity contribution in [3.63, 3.8) is 0 Å². The van der Waals surface area contributed by atoms with Crippen molar-refractivity contribution in [1.29, 1.82) is 0 Å². The predicted molar refractivity (Wildman–Crippen MR) is 159 cm³/mol. The van der Waals surface area contributed by atoms with Crippen LogP contribution in [0.25, 0.3) is 11.0 Å². The molecule has 0 aliphatic carbocycles. The molecule has 0 amide bonds. The maximum Gasteiger partial charge on any atom is 3.00 e. The fourth-order valence-corrected chi connectivity index (χ4v) is 5.17. The Hall–Kier alpha value is -4.92. The fraction of sp³-hybridized carbons (Fsp3) is 0.121. The summed E-state index contributed by atoms with van der Waals surface area (Å²) in [6.07, 6.45) is 20.6. The predicted octanol–water partition coefficient (Wildman–Crippen LogP) is 4.86. The minimum absolute atomic E-state index is 0. The molecule has 0 aliphatic heterocycles. The van der Waals surface area contributed by atoms with Gasteiger partial charge in [-0.25, -0.2) is 12.1 Å². The first-order valence-corrected chi connectivity index (χ1v) is 13.8. The van der Waals surface area contributed by atoms with Crippen molar-refractivity contribution in [2.75, 3.05) is 0 Å². The summed E-state index contributed by atoms with van der Waals surface area (Å²) in [5.74, 6) is 0. The molecule has 10 heteroatoms. The average molecular weight is 743 g/mol. The van der Waals surface area contributed by atoms with Crippen LogP contribution in [0, 0.1) is 18.3 Å². The second kappa shape index (κ2) is 12.9. The van der Waals surface area contributed by atoms with E-state index in [4.69, 9.17) is 0 Å². The van der Waals surface area contributed by atoms with Gasteiger partial charge in [0.15, 0.2) is 0 Å². The van der Waals surface area contributed by atoms with Crippen LogP contribution >= 0.6 is 0 Å². The molecule has 0 saturated heterocycles. The first-order chi connectivity index (χ1) is 20.8. The van der Waals surface area contributed by atoms with Gasteiger partial charge in [0.25, 0.3) is 0 Å². The molecule has 43 heavy (non-hydrogen) atoms. The van der Waals surface area contributed by atoms with Crippen molar-refractivity contribution < 1.29 is 20.1 Å². The van der Waals surface area contributed by atoms with Crippen LogP contribution in [-0.4, -0.2) is 42.7 Å². The molecule has 214 valence electrons. The molecule has 9 nitrogen and oxygen atoms in total. The molecule has 8 aromatic rings. The zero-order valence-corrected chi connectivity index (χ0v) is 25.6. The summed E-state index contributed by atoms with van der Waals surface area (Å²) >= 11 is 0. The Balaban J connectivity index is 0.000000150. The molecular formula is C33H28IrN9.